The fourth-order valence-corrected chi connectivity index (χ4v) is 3.20. The first-order chi connectivity index (χ1) is 15.1. The fraction of sp³-hybridized carbons (Fsp3) is 0.667. The number of hydrogen-bond acceptors (Lipinski definition) is 6. The SMILES string of the molecule is C[C@H](COC[C@@H]1CN(C(=O)OCc2ccccc2)CCO1)[C@H](C)N(C)C(=O)OC(C)(C)C. The van der Waals surface area contributed by atoms with Gasteiger partial charge in [0, 0.05) is 19.6 Å². The molecule has 1 fully saturated rings. The van der Waals surface area contributed by atoms with E-state index in [-0.39, 0.29) is 36.9 Å². The van der Waals surface area contributed by atoms with Crippen molar-refractivity contribution in [2.24, 2.45) is 5.92 Å². The van der Waals surface area contributed by atoms with E-state index < -0.39 is 5.60 Å². The molecule has 0 unspecified atom stereocenters. The van der Waals surface area contributed by atoms with E-state index in [2.05, 4.69) is 0 Å². The summed E-state index contributed by atoms with van der Waals surface area (Å²) in [5.74, 6) is 0.100. The molecule has 32 heavy (non-hydrogen) atoms. The maximum Gasteiger partial charge on any atom is 0.410 e. The van der Waals surface area contributed by atoms with Crippen molar-refractivity contribution < 1.29 is 28.5 Å². The zero-order valence-corrected chi connectivity index (χ0v) is 20.2. The highest BCUT2D eigenvalue weighted by Crippen LogP contribution is 2.16. The molecule has 0 bridgehead atoms. The molecular weight excluding hydrogens is 412 g/mol. The Morgan fingerprint density at radius 3 is 2.56 bits per heavy atom. The van der Waals surface area contributed by atoms with Crippen LogP contribution in [0.3, 0.4) is 0 Å². The predicted molar refractivity (Wildman–Crippen MR) is 121 cm³/mol. The molecule has 1 aromatic carbocycles. The Bertz CT molecular complexity index is 721. The van der Waals surface area contributed by atoms with Crippen molar-refractivity contribution in [2.45, 2.75) is 59.0 Å². The summed E-state index contributed by atoms with van der Waals surface area (Å²) in [6.07, 6.45) is -0.903. The first-order valence-corrected chi connectivity index (χ1v) is 11.2. The van der Waals surface area contributed by atoms with E-state index in [9.17, 15) is 9.59 Å². The molecule has 0 aliphatic carbocycles. The van der Waals surface area contributed by atoms with Crippen LogP contribution in [0.15, 0.2) is 30.3 Å². The lowest BCUT2D eigenvalue weighted by Crippen LogP contribution is -2.47. The maximum absolute atomic E-state index is 12.4. The number of rotatable bonds is 8. The second-order valence-corrected chi connectivity index (χ2v) is 9.33. The van der Waals surface area contributed by atoms with E-state index in [0.29, 0.717) is 32.9 Å². The van der Waals surface area contributed by atoms with Gasteiger partial charge in [0.2, 0.25) is 0 Å². The number of amides is 2. The Morgan fingerprint density at radius 2 is 1.91 bits per heavy atom. The van der Waals surface area contributed by atoms with Crippen LogP contribution in [0.4, 0.5) is 9.59 Å². The van der Waals surface area contributed by atoms with E-state index in [0.717, 1.165) is 5.56 Å². The standard InChI is InChI=1S/C24H38N2O6/c1-18(19(2)25(6)22(27)32-24(3,4)5)15-29-17-21-14-26(12-13-30-21)23(28)31-16-20-10-8-7-9-11-20/h7-11,18-19,21H,12-17H2,1-6H3/t18-,19+,21+/m1/s1. The van der Waals surface area contributed by atoms with Gasteiger partial charge in [-0.3, -0.25) is 0 Å². The molecule has 8 heteroatoms. The lowest BCUT2D eigenvalue weighted by atomic mass is 10.0. The average molecular weight is 451 g/mol. The molecule has 1 aliphatic rings. The molecule has 1 heterocycles. The van der Waals surface area contributed by atoms with Gasteiger partial charge in [-0.25, -0.2) is 9.59 Å². The van der Waals surface area contributed by atoms with Gasteiger partial charge >= 0.3 is 12.2 Å². The monoisotopic (exact) mass is 450 g/mol. The van der Waals surface area contributed by atoms with Crippen LogP contribution >= 0.6 is 0 Å². The maximum atomic E-state index is 12.4. The van der Waals surface area contributed by atoms with Gasteiger partial charge in [0.05, 0.1) is 32.5 Å². The van der Waals surface area contributed by atoms with Gasteiger partial charge in [0.15, 0.2) is 0 Å². The topological polar surface area (TPSA) is 77.5 Å². The molecule has 3 atom stereocenters. The summed E-state index contributed by atoms with van der Waals surface area (Å²) in [6, 6.07) is 9.55. The van der Waals surface area contributed by atoms with Crippen molar-refractivity contribution >= 4 is 12.2 Å². The quantitative estimate of drug-likeness (QED) is 0.597. The van der Waals surface area contributed by atoms with Gasteiger partial charge in [-0.05, 0) is 39.2 Å². The van der Waals surface area contributed by atoms with Gasteiger partial charge in [0.25, 0.3) is 0 Å². The highest BCUT2D eigenvalue weighted by molar-refractivity contribution is 5.68. The first-order valence-electron chi connectivity index (χ1n) is 11.2. The molecule has 0 saturated carbocycles. The van der Waals surface area contributed by atoms with Crippen LogP contribution in [0.1, 0.15) is 40.2 Å². The minimum Gasteiger partial charge on any atom is -0.445 e. The predicted octanol–water partition coefficient (Wildman–Crippen LogP) is 3.93. The number of ether oxygens (including phenoxy) is 4. The lowest BCUT2D eigenvalue weighted by molar-refractivity contribution is -0.0723. The van der Waals surface area contributed by atoms with E-state index in [1.165, 1.54) is 0 Å². The van der Waals surface area contributed by atoms with E-state index in [1.807, 2.05) is 65.0 Å². The summed E-state index contributed by atoms with van der Waals surface area (Å²) in [5.41, 5.74) is 0.422. The molecule has 0 aromatic heterocycles. The zero-order valence-electron chi connectivity index (χ0n) is 20.2. The smallest absolute Gasteiger partial charge is 0.410 e. The average Bonchev–Trinajstić information content (AvgIpc) is 2.76. The Kier molecular flexibility index (Phi) is 9.78. The van der Waals surface area contributed by atoms with Crippen molar-refractivity contribution in [3.63, 3.8) is 0 Å². The summed E-state index contributed by atoms with van der Waals surface area (Å²) in [5, 5.41) is 0. The second kappa shape index (κ2) is 12.1. The van der Waals surface area contributed by atoms with Crippen LogP contribution in [0.5, 0.6) is 0 Å². The van der Waals surface area contributed by atoms with Gasteiger partial charge in [-0.15, -0.1) is 0 Å². The van der Waals surface area contributed by atoms with Crippen LogP contribution in [0.2, 0.25) is 0 Å². The third-order valence-corrected chi connectivity index (χ3v) is 5.40. The summed E-state index contributed by atoms with van der Waals surface area (Å²) < 4.78 is 22.5. The lowest BCUT2D eigenvalue weighted by Gasteiger charge is -2.33. The largest absolute Gasteiger partial charge is 0.445 e. The van der Waals surface area contributed by atoms with Crippen molar-refractivity contribution in [2.75, 3.05) is 40.0 Å². The third-order valence-electron chi connectivity index (χ3n) is 5.40. The fourth-order valence-electron chi connectivity index (χ4n) is 3.20. The molecule has 0 radical (unpaired) electrons. The number of benzene rings is 1. The van der Waals surface area contributed by atoms with Crippen LogP contribution < -0.4 is 0 Å². The van der Waals surface area contributed by atoms with E-state index in [4.69, 9.17) is 18.9 Å². The highest BCUT2D eigenvalue weighted by atomic mass is 16.6. The molecule has 1 saturated heterocycles. The van der Waals surface area contributed by atoms with Crippen molar-refractivity contribution in [3.8, 4) is 0 Å². The first kappa shape index (κ1) is 25.9. The zero-order chi connectivity index (χ0) is 23.7. The summed E-state index contributed by atoms with van der Waals surface area (Å²) in [4.78, 5) is 27.9. The normalized spacial score (nSPS) is 18.6. The molecule has 0 spiro atoms. The Hall–Kier alpha value is -2.32. The number of morpholine rings is 1. The minimum atomic E-state index is -0.531. The van der Waals surface area contributed by atoms with Crippen molar-refractivity contribution in [1.82, 2.24) is 9.80 Å². The number of carbonyl (C=O) groups excluding carboxylic acids is 2. The molecule has 0 N–H and O–H groups in total. The summed E-state index contributed by atoms with van der Waals surface area (Å²) >= 11 is 0. The van der Waals surface area contributed by atoms with Crippen molar-refractivity contribution in [1.29, 1.82) is 0 Å². The van der Waals surface area contributed by atoms with Crippen LogP contribution in [0, 0.1) is 5.92 Å². The van der Waals surface area contributed by atoms with Crippen LogP contribution in [-0.2, 0) is 25.6 Å². The molecule has 1 aliphatic heterocycles. The number of nitrogens with zero attached hydrogens (tertiary/aromatic N) is 2. The molecule has 2 amide bonds. The van der Waals surface area contributed by atoms with Crippen LogP contribution in [0.25, 0.3) is 0 Å². The second-order valence-electron chi connectivity index (χ2n) is 9.33. The van der Waals surface area contributed by atoms with Gasteiger partial charge in [-0.2, -0.15) is 0 Å². The van der Waals surface area contributed by atoms with Gasteiger partial charge in [0.1, 0.15) is 12.2 Å². The Morgan fingerprint density at radius 1 is 1.22 bits per heavy atom. The summed E-state index contributed by atoms with van der Waals surface area (Å²) in [7, 11) is 1.73. The molecule has 2 rings (SSSR count). The molecule has 8 nitrogen and oxygen atoms in total. The number of carbonyl (C=O) groups is 2. The van der Waals surface area contributed by atoms with Gasteiger partial charge < -0.3 is 28.7 Å². The number of hydrogen-bond donors (Lipinski definition) is 0. The Labute approximate surface area is 191 Å². The molecule has 180 valence electrons. The summed E-state index contributed by atoms with van der Waals surface area (Å²) in [6.45, 7) is 12.0. The van der Waals surface area contributed by atoms with E-state index >= 15 is 0 Å². The van der Waals surface area contributed by atoms with Crippen molar-refractivity contribution in [3.05, 3.63) is 35.9 Å². The molecular formula is C24H38N2O6. The minimum absolute atomic E-state index is 0.0541. The van der Waals surface area contributed by atoms with E-state index in [1.54, 1.807) is 16.8 Å². The van der Waals surface area contributed by atoms with Crippen LogP contribution in [-0.4, -0.2) is 79.7 Å². The third kappa shape index (κ3) is 8.67. The van der Waals surface area contributed by atoms with Gasteiger partial charge in [-0.1, -0.05) is 37.3 Å². The Balaban J connectivity index is 1.71. The molecule has 1 aromatic rings. The highest BCUT2D eigenvalue weighted by Gasteiger charge is 2.28.